The third-order valence-electron chi connectivity index (χ3n) is 7.06. The van der Waals surface area contributed by atoms with Gasteiger partial charge in [0.05, 0.1) is 12.0 Å². The summed E-state index contributed by atoms with van der Waals surface area (Å²) >= 11 is 0. The number of rotatable bonds is 6. The molecule has 2 heterocycles. The fourth-order valence-electron chi connectivity index (χ4n) is 5.06. The monoisotopic (exact) mass is 476 g/mol. The SMILES string of the molecule is COCOC12CCCCC1(C)C(=O)c1c(O)c(=O)c(C(=O)NCc3ccc(F)cc3F)cn1C2. The van der Waals surface area contributed by atoms with E-state index in [9.17, 15) is 28.3 Å². The molecule has 4 rings (SSSR count). The number of aromatic nitrogens is 1. The van der Waals surface area contributed by atoms with Gasteiger partial charge in [-0.2, -0.15) is 0 Å². The molecule has 182 valence electrons. The van der Waals surface area contributed by atoms with E-state index in [-0.39, 0.29) is 31.1 Å². The lowest BCUT2D eigenvalue weighted by molar-refractivity contribution is -0.197. The summed E-state index contributed by atoms with van der Waals surface area (Å²) < 4.78 is 39.5. The summed E-state index contributed by atoms with van der Waals surface area (Å²) in [7, 11) is 1.48. The van der Waals surface area contributed by atoms with E-state index in [1.807, 2.05) is 0 Å². The average Bonchev–Trinajstić information content (AvgIpc) is 2.80. The van der Waals surface area contributed by atoms with Crippen LogP contribution < -0.4 is 10.7 Å². The summed E-state index contributed by atoms with van der Waals surface area (Å²) in [4.78, 5) is 39.1. The summed E-state index contributed by atoms with van der Waals surface area (Å²) in [5, 5.41) is 13.1. The van der Waals surface area contributed by atoms with Crippen molar-refractivity contribution >= 4 is 11.7 Å². The van der Waals surface area contributed by atoms with Crippen LogP contribution in [0.3, 0.4) is 0 Å². The highest BCUT2D eigenvalue weighted by Gasteiger charge is 2.59. The Morgan fingerprint density at radius 1 is 1.24 bits per heavy atom. The number of ether oxygens (including phenoxy) is 2. The summed E-state index contributed by atoms with van der Waals surface area (Å²) in [6.45, 7) is 1.57. The minimum atomic E-state index is -0.999. The first-order valence-electron chi connectivity index (χ1n) is 11.0. The maximum absolute atomic E-state index is 13.9. The number of carbonyl (C=O) groups is 2. The number of nitrogens with zero attached hydrogens (tertiary/aromatic N) is 1. The third kappa shape index (κ3) is 3.80. The molecule has 1 aliphatic heterocycles. The van der Waals surface area contributed by atoms with Crippen molar-refractivity contribution < 1.29 is 33.0 Å². The second-order valence-corrected chi connectivity index (χ2v) is 9.03. The first-order chi connectivity index (χ1) is 16.1. The molecule has 2 atom stereocenters. The lowest BCUT2D eigenvalue weighted by Gasteiger charge is -2.53. The van der Waals surface area contributed by atoms with Crippen LogP contribution >= 0.6 is 0 Å². The van der Waals surface area contributed by atoms with Crippen molar-refractivity contribution in [3.63, 3.8) is 0 Å². The molecule has 1 aliphatic carbocycles. The fraction of sp³-hybridized carbons (Fsp3) is 0.458. The molecule has 10 heteroatoms. The molecule has 0 spiro atoms. The average molecular weight is 476 g/mol. The third-order valence-corrected chi connectivity index (χ3v) is 7.06. The topological polar surface area (TPSA) is 107 Å². The second-order valence-electron chi connectivity index (χ2n) is 9.03. The van der Waals surface area contributed by atoms with E-state index in [1.165, 1.54) is 23.9 Å². The van der Waals surface area contributed by atoms with E-state index in [0.717, 1.165) is 18.9 Å². The number of nitrogens with one attached hydrogen (secondary N) is 1. The first-order valence-corrected chi connectivity index (χ1v) is 11.0. The van der Waals surface area contributed by atoms with Gasteiger partial charge in [0.2, 0.25) is 5.43 Å². The molecule has 34 heavy (non-hydrogen) atoms. The van der Waals surface area contributed by atoms with E-state index in [0.29, 0.717) is 18.9 Å². The quantitative estimate of drug-likeness (QED) is 0.621. The molecule has 0 saturated heterocycles. The number of benzene rings is 1. The van der Waals surface area contributed by atoms with Gasteiger partial charge in [0, 0.05) is 31.5 Å². The number of halogens is 2. The van der Waals surface area contributed by atoms with Gasteiger partial charge in [0.1, 0.15) is 35.3 Å². The van der Waals surface area contributed by atoms with E-state index in [4.69, 9.17) is 9.47 Å². The predicted octanol–water partition coefficient (Wildman–Crippen LogP) is 2.90. The van der Waals surface area contributed by atoms with Crippen molar-refractivity contribution in [1.82, 2.24) is 9.88 Å². The van der Waals surface area contributed by atoms with E-state index in [2.05, 4.69) is 5.32 Å². The summed E-state index contributed by atoms with van der Waals surface area (Å²) in [5.74, 6) is -3.70. The normalized spacial score (nSPS) is 23.8. The number of hydrogen-bond donors (Lipinski definition) is 2. The number of fused-ring (bicyclic) bond motifs is 2. The molecule has 0 radical (unpaired) electrons. The molecule has 2 N–H and O–H groups in total. The Labute approximate surface area is 194 Å². The van der Waals surface area contributed by atoms with Crippen LogP contribution in [0.1, 0.15) is 59.0 Å². The highest BCUT2D eigenvalue weighted by molar-refractivity contribution is 6.04. The minimum Gasteiger partial charge on any atom is -0.503 e. The van der Waals surface area contributed by atoms with E-state index in [1.54, 1.807) is 6.92 Å². The van der Waals surface area contributed by atoms with Crippen LogP contribution in [0.4, 0.5) is 8.78 Å². The van der Waals surface area contributed by atoms with Crippen molar-refractivity contribution in [2.24, 2.45) is 5.41 Å². The zero-order valence-electron chi connectivity index (χ0n) is 19.0. The zero-order chi connectivity index (χ0) is 24.7. The summed E-state index contributed by atoms with van der Waals surface area (Å²) in [6, 6.07) is 2.92. The lowest BCUT2D eigenvalue weighted by atomic mass is 9.59. The molecule has 0 bridgehead atoms. The fourth-order valence-corrected chi connectivity index (χ4v) is 5.06. The number of carbonyl (C=O) groups excluding carboxylic acids is 2. The number of hydrogen-bond acceptors (Lipinski definition) is 6. The van der Waals surface area contributed by atoms with Crippen molar-refractivity contribution in [3.05, 3.63) is 63.1 Å². The van der Waals surface area contributed by atoms with Gasteiger partial charge < -0.3 is 24.5 Å². The van der Waals surface area contributed by atoms with Crippen molar-refractivity contribution in [1.29, 1.82) is 0 Å². The number of methoxy groups -OCH3 is 1. The Hall–Kier alpha value is -3.11. The van der Waals surface area contributed by atoms with Crippen LogP contribution in [-0.2, 0) is 22.6 Å². The largest absolute Gasteiger partial charge is 0.503 e. The van der Waals surface area contributed by atoms with Gasteiger partial charge in [0.25, 0.3) is 5.91 Å². The standard InChI is InChI=1S/C24H26F2N2O6/c1-23-7-3-4-8-24(23,34-13-33-2)12-28-11-16(19(29)20(30)18(28)21(23)31)22(32)27-10-14-5-6-15(25)9-17(14)26/h5-6,9,11,30H,3-4,7-8,10,12-13H2,1-2H3,(H,27,32). The molecular weight excluding hydrogens is 450 g/mol. The van der Waals surface area contributed by atoms with Crippen molar-refractivity contribution in [2.45, 2.75) is 51.3 Å². The highest BCUT2D eigenvalue weighted by atomic mass is 19.1. The van der Waals surface area contributed by atoms with Crippen molar-refractivity contribution in [2.75, 3.05) is 13.9 Å². The molecule has 1 amide bonds. The number of pyridine rings is 1. The van der Waals surface area contributed by atoms with Crippen LogP contribution in [0.15, 0.2) is 29.2 Å². The van der Waals surface area contributed by atoms with E-state index < -0.39 is 51.1 Å². The molecule has 1 aromatic heterocycles. The Morgan fingerprint density at radius 2 is 1.97 bits per heavy atom. The molecule has 1 aromatic carbocycles. The number of Topliss-reactive ketones (excluding diaryl/α,β-unsaturated/α-hetero) is 1. The molecule has 2 unspecified atom stereocenters. The van der Waals surface area contributed by atoms with Crippen molar-refractivity contribution in [3.8, 4) is 5.75 Å². The Balaban J connectivity index is 1.70. The molecule has 8 nitrogen and oxygen atoms in total. The van der Waals surface area contributed by atoms with E-state index >= 15 is 0 Å². The summed E-state index contributed by atoms with van der Waals surface area (Å²) in [6.07, 6.45) is 3.93. The molecule has 2 aromatic rings. The van der Waals surface area contributed by atoms with Gasteiger partial charge in [-0.15, -0.1) is 0 Å². The number of aromatic hydroxyl groups is 1. The minimum absolute atomic E-state index is 0.0251. The van der Waals surface area contributed by atoms with Crippen LogP contribution in [-0.4, -0.2) is 40.9 Å². The highest BCUT2D eigenvalue weighted by Crippen LogP contribution is 2.52. The summed E-state index contributed by atoms with van der Waals surface area (Å²) in [5.41, 5.74) is -3.45. The zero-order valence-corrected chi connectivity index (χ0v) is 19.0. The van der Waals surface area contributed by atoms with Gasteiger partial charge in [-0.25, -0.2) is 8.78 Å². The van der Waals surface area contributed by atoms with Crippen LogP contribution in [0.25, 0.3) is 0 Å². The van der Waals surface area contributed by atoms with Gasteiger partial charge >= 0.3 is 0 Å². The lowest BCUT2D eigenvalue weighted by Crippen LogP contribution is -2.61. The van der Waals surface area contributed by atoms with Gasteiger partial charge in [-0.05, 0) is 25.8 Å². The Bertz CT molecular complexity index is 1210. The van der Waals surface area contributed by atoms with Crippen LogP contribution in [0.2, 0.25) is 0 Å². The molecular formula is C24H26F2N2O6. The Kier molecular flexibility index (Phi) is 6.30. The molecule has 1 fully saturated rings. The Morgan fingerprint density at radius 3 is 2.68 bits per heavy atom. The first kappa shape index (κ1) is 24.0. The molecule has 1 saturated carbocycles. The number of ketones is 1. The smallest absolute Gasteiger partial charge is 0.257 e. The van der Waals surface area contributed by atoms with Gasteiger partial charge in [0.15, 0.2) is 11.5 Å². The molecule has 2 aliphatic rings. The maximum Gasteiger partial charge on any atom is 0.257 e. The number of amides is 1. The maximum atomic E-state index is 13.9. The second kappa shape index (κ2) is 8.92. The van der Waals surface area contributed by atoms with Gasteiger partial charge in [-0.1, -0.05) is 18.9 Å². The van der Waals surface area contributed by atoms with Crippen LogP contribution in [0.5, 0.6) is 5.75 Å². The van der Waals surface area contributed by atoms with Gasteiger partial charge in [-0.3, -0.25) is 14.4 Å². The predicted molar refractivity (Wildman–Crippen MR) is 116 cm³/mol. The van der Waals surface area contributed by atoms with Crippen LogP contribution in [0, 0.1) is 17.0 Å².